The van der Waals surface area contributed by atoms with E-state index in [1.165, 1.54) is 6.92 Å². The number of carbonyl (C=O) groups excluding carboxylic acids is 3. The van der Waals surface area contributed by atoms with Crippen molar-refractivity contribution in [2.24, 2.45) is 0 Å². The molecule has 1 N–H and O–H groups in total. The molecule has 2 rings (SSSR count). The van der Waals surface area contributed by atoms with E-state index >= 15 is 0 Å². The second-order valence-corrected chi connectivity index (χ2v) is 5.69. The highest BCUT2D eigenvalue weighted by atomic mass is 16.5. The maximum atomic E-state index is 11.8. The molecule has 0 spiro atoms. The molecule has 0 aliphatic carbocycles. The van der Waals surface area contributed by atoms with Crippen LogP contribution in [0, 0.1) is 0 Å². The van der Waals surface area contributed by atoms with Crippen LogP contribution in [-0.4, -0.2) is 31.4 Å². The smallest absolute Gasteiger partial charge is 0.306 e. The Morgan fingerprint density at radius 2 is 1.62 bits per heavy atom. The van der Waals surface area contributed by atoms with Gasteiger partial charge in [-0.2, -0.15) is 0 Å². The fourth-order valence-electron chi connectivity index (χ4n) is 2.24. The largest absolute Gasteiger partial charge is 0.497 e. The second-order valence-electron chi connectivity index (χ2n) is 5.69. The summed E-state index contributed by atoms with van der Waals surface area (Å²) in [5.41, 5.74) is 2.08. The Morgan fingerprint density at radius 1 is 0.962 bits per heavy atom. The van der Waals surface area contributed by atoms with Crippen LogP contribution in [0.1, 0.15) is 29.3 Å². The van der Waals surface area contributed by atoms with E-state index in [1.807, 2.05) is 24.3 Å². The number of esters is 1. The predicted molar refractivity (Wildman–Crippen MR) is 97.4 cm³/mol. The number of ketones is 1. The highest BCUT2D eigenvalue weighted by Crippen LogP contribution is 2.13. The number of hydrogen-bond donors (Lipinski definition) is 1. The molecule has 0 aliphatic heterocycles. The first-order valence-corrected chi connectivity index (χ1v) is 8.17. The quantitative estimate of drug-likeness (QED) is 0.581. The summed E-state index contributed by atoms with van der Waals surface area (Å²) in [6.45, 7) is 1.12. The van der Waals surface area contributed by atoms with E-state index in [4.69, 9.17) is 9.47 Å². The SMILES string of the molecule is COc1ccc(CCC(=O)OCC(=O)Nc2ccc(C(C)=O)cc2)cc1. The van der Waals surface area contributed by atoms with Crippen molar-refractivity contribution in [2.45, 2.75) is 19.8 Å². The van der Waals surface area contributed by atoms with Crippen molar-refractivity contribution in [2.75, 3.05) is 19.0 Å². The summed E-state index contributed by atoms with van der Waals surface area (Å²) in [5.74, 6) is -0.167. The van der Waals surface area contributed by atoms with E-state index < -0.39 is 11.9 Å². The number of amides is 1. The van der Waals surface area contributed by atoms with E-state index in [0.29, 0.717) is 17.7 Å². The fourth-order valence-corrected chi connectivity index (χ4v) is 2.24. The average molecular weight is 355 g/mol. The van der Waals surface area contributed by atoms with Gasteiger partial charge in [0.25, 0.3) is 5.91 Å². The molecule has 6 nitrogen and oxygen atoms in total. The molecule has 2 aromatic carbocycles. The lowest BCUT2D eigenvalue weighted by Gasteiger charge is -2.07. The molecule has 0 fully saturated rings. The molecule has 0 saturated heterocycles. The van der Waals surface area contributed by atoms with E-state index in [0.717, 1.165) is 11.3 Å². The highest BCUT2D eigenvalue weighted by molar-refractivity contribution is 5.96. The van der Waals surface area contributed by atoms with E-state index in [2.05, 4.69) is 5.32 Å². The molecule has 0 atom stereocenters. The van der Waals surface area contributed by atoms with Gasteiger partial charge in [0.15, 0.2) is 12.4 Å². The van der Waals surface area contributed by atoms with Gasteiger partial charge in [0, 0.05) is 17.7 Å². The number of nitrogens with one attached hydrogen (secondary N) is 1. The fraction of sp³-hybridized carbons (Fsp3) is 0.250. The van der Waals surface area contributed by atoms with Gasteiger partial charge < -0.3 is 14.8 Å². The molecule has 0 radical (unpaired) electrons. The summed E-state index contributed by atoms with van der Waals surface area (Å²) < 4.78 is 10.0. The van der Waals surface area contributed by atoms with Crippen molar-refractivity contribution in [3.8, 4) is 5.75 Å². The molecule has 2 aromatic rings. The first kappa shape index (κ1) is 19.2. The van der Waals surface area contributed by atoms with Gasteiger partial charge in [0.2, 0.25) is 0 Å². The van der Waals surface area contributed by atoms with Crippen LogP contribution < -0.4 is 10.1 Å². The van der Waals surface area contributed by atoms with Crippen molar-refractivity contribution in [3.63, 3.8) is 0 Å². The molecule has 0 aromatic heterocycles. The van der Waals surface area contributed by atoms with Gasteiger partial charge in [0.05, 0.1) is 7.11 Å². The predicted octanol–water partition coefficient (Wildman–Crippen LogP) is 3.01. The van der Waals surface area contributed by atoms with Crippen molar-refractivity contribution < 1.29 is 23.9 Å². The first-order valence-electron chi connectivity index (χ1n) is 8.17. The van der Waals surface area contributed by atoms with Gasteiger partial charge in [-0.3, -0.25) is 14.4 Å². The number of carbonyl (C=O) groups is 3. The summed E-state index contributed by atoms with van der Waals surface area (Å²) in [7, 11) is 1.59. The van der Waals surface area contributed by atoms with Crippen LogP contribution in [0.3, 0.4) is 0 Å². The Balaban J connectivity index is 1.72. The maximum absolute atomic E-state index is 11.8. The maximum Gasteiger partial charge on any atom is 0.306 e. The number of aryl methyl sites for hydroxylation is 1. The van der Waals surface area contributed by atoms with Crippen LogP contribution in [0.4, 0.5) is 5.69 Å². The Labute approximate surface area is 152 Å². The van der Waals surface area contributed by atoms with Crippen molar-refractivity contribution in [1.82, 2.24) is 0 Å². The number of benzene rings is 2. The minimum atomic E-state index is -0.442. The molecule has 0 saturated carbocycles. The summed E-state index contributed by atoms with van der Waals surface area (Å²) >= 11 is 0. The lowest BCUT2D eigenvalue weighted by atomic mass is 10.1. The summed E-state index contributed by atoms with van der Waals surface area (Å²) in [5, 5.41) is 2.61. The third-order valence-corrected chi connectivity index (χ3v) is 3.72. The molecule has 6 heteroatoms. The van der Waals surface area contributed by atoms with Gasteiger partial charge >= 0.3 is 5.97 Å². The molecular formula is C20H21NO5. The van der Waals surface area contributed by atoms with E-state index in [-0.39, 0.29) is 18.8 Å². The zero-order valence-corrected chi connectivity index (χ0v) is 14.8. The zero-order valence-electron chi connectivity index (χ0n) is 14.8. The lowest BCUT2D eigenvalue weighted by Crippen LogP contribution is -2.21. The van der Waals surface area contributed by atoms with Gasteiger partial charge in [-0.05, 0) is 55.3 Å². The zero-order chi connectivity index (χ0) is 18.9. The molecule has 1 amide bonds. The average Bonchev–Trinajstić information content (AvgIpc) is 2.65. The topological polar surface area (TPSA) is 81.7 Å². The van der Waals surface area contributed by atoms with Gasteiger partial charge in [-0.1, -0.05) is 12.1 Å². The van der Waals surface area contributed by atoms with Crippen LogP contribution in [0.5, 0.6) is 5.75 Å². The number of hydrogen-bond acceptors (Lipinski definition) is 5. The second kappa shape index (κ2) is 9.36. The van der Waals surface area contributed by atoms with Gasteiger partial charge in [-0.15, -0.1) is 0 Å². The number of methoxy groups -OCH3 is 1. The Kier molecular flexibility index (Phi) is 6.91. The molecule has 26 heavy (non-hydrogen) atoms. The van der Waals surface area contributed by atoms with E-state index in [1.54, 1.807) is 31.4 Å². The number of Topliss-reactive ketones (excluding diaryl/α,β-unsaturated/α-hetero) is 1. The lowest BCUT2D eigenvalue weighted by molar-refractivity contribution is -0.147. The first-order chi connectivity index (χ1) is 12.5. The van der Waals surface area contributed by atoms with Gasteiger partial charge in [0.1, 0.15) is 5.75 Å². The summed E-state index contributed by atoms with van der Waals surface area (Å²) in [6, 6.07) is 13.9. The minimum absolute atomic E-state index is 0.0475. The van der Waals surface area contributed by atoms with Gasteiger partial charge in [-0.25, -0.2) is 0 Å². The van der Waals surface area contributed by atoms with Crippen molar-refractivity contribution in [1.29, 1.82) is 0 Å². The normalized spacial score (nSPS) is 10.1. The molecule has 136 valence electrons. The highest BCUT2D eigenvalue weighted by Gasteiger charge is 2.09. The number of rotatable bonds is 8. The Bertz CT molecular complexity index is 766. The molecule has 0 unspecified atom stereocenters. The van der Waals surface area contributed by atoms with Crippen molar-refractivity contribution >= 4 is 23.3 Å². The summed E-state index contributed by atoms with van der Waals surface area (Å²) in [6.07, 6.45) is 0.712. The minimum Gasteiger partial charge on any atom is -0.497 e. The number of ether oxygens (including phenoxy) is 2. The van der Waals surface area contributed by atoms with Crippen LogP contribution >= 0.6 is 0 Å². The van der Waals surface area contributed by atoms with Crippen molar-refractivity contribution in [3.05, 3.63) is 59.7 Å². The molecule has 0 heterocycles. The molecule has 0 aliphatic rings. The molecule has 0 bridgehead atoms. The standard InChI is InChI=1S/C20H21NO5/c1-14(22)16-6-8-17(9-7-16)21-19(23)13-26-20(24)12-5-15-3-10-18(25-2)11-4-15/h3-4,6-11H,5,12-13H2,1-2H3,(H,21,23). The van der Waals surface area contributed by atoms with Crippen LogP contribution in [0.15, 0.2) is 48.5 Å². The van der Waals surface area contributed by atoms with Crippen LogP contribution in [0.2, 0.25) is 0 Å². The third-order valence-electron chi connectivity index (χ3n) is 3.72. The molecular weight excluding hydrogens is 334 g/mol. The number of anilines is 1. The monoisotopic (exact) mass is 355 g/mol. The van der Waals surface area contributed by atoms with Crippen LogP contribution in [-0.2, 0) is 20.7 Å². The summed E-state index contributed by atoms with van der Waals surface area (Å²) in [4.78, 5) is 34.8. The van der Waals surface area contributed by atoms with Crippen LogP contribution in [0.25, 0.3) is 0 Å². The third kappa shape index (κ3) is 6.05. The van der Waals surface area contributed by atoms with E-state index in [9.17, 15) is 14.4 Å². The Hall–Kier alpha value is -3.15. The Morgan fingerprint density at radius 3 is 2.19 bits per heavy atom.